The lowest BCUT2D eigenvalue weighted by molar-refractivity contribution is 0.0204. The highest BCUT2D eigenvalue weighted by Gasteiger charge is 2.41. The molecule has 4 nitrogen and oxygen atoms in total. The van der Waals surface area contributed by atoms with Gasteiger partial charge in [-0.25, -0.2) is 4.79 Å². The van der Waals surface area contributed by atoms with Crippen LogP contribution in [-0.4, -0.2) is 41.8 Å². The number of ether oxygens (including phenoxy) is 1. The molecule has 0 unspecified atom stereocenters. The highest BCUT2D eigenvalue weighted by molar-refractivity contribution is 5.69. The maximum absolute atomic E-state index is 11.7. The second kappa shape index (κ2) is 5.04. The Bertz CT molecular complexity index is 248. The molecule has 0 aromatic carbocycles. The summed E-state index contributed by atoms with van der Waals surface area (Å²) >= 11 is 0. The second-order valence-corrected chi connectivity index (χ2v) is 5.13. The molecule has 2 rings (SSSR count). The largest absolute Gasteiger partial charge is 0.444 e. The minimum Gasteiger partial charge on any atom is -0.444 e. The number of nitrogens with zero attached hydrogens (tertiary/aromatic N) is 1. The van der Waals surface area contributed by atoms with Crippen molar-refractivity contribution in [3.05, 3.63) is 0 Å². The molecule has 2 aliphatic heterocycles. The molecule has 2 aliphatic rings. The number of hydrogen-bond acceptors (Lipinski definition) is 3. The lowest BCUT2D eigenvalue weighted by Crippen LogP contribution is -2.48. The Morgan fingerprint density at radius 3 is 2.38 bits per heavy atom. The van der Waals surface area contributed by atoms with Gasteiger partial charge in [0.25, 0.3) is 0 Å². The zero-order valence-corrected chi connectivity index (χ0v) is 11.0. The van der Waals surface area contributed by atoms with Gasteiger partial charge in [-0.3, -0.25) is 0 Å². The Morgan fingerprint density at radius 2 is 2.00 bits per heavy atom. The van der Waals surface area contributed by atoms with E-state index in [1.54, 1.807) is 0 Å². The van der Waals surface area contributed by atoms with Crippen molar-refractivity contribution in [2.75, 3.05) is 13.1 Å². The molecule has 0 aliphatic carbocycles. The number of amides is 1. The summed E-state index contributed by atoms with van der Waals surface area (Å²) in [5.74, 6) is 0. The maximum Gasteiger partial charge on any atom is 0.410 e. The summed E-state index contributed by atoms with van der Waals surface area (Å²) in [4.78, 5) is 13.6. The standard InChI is InChI=1S/C10H18N2O2.C2H6/c1-10(2,3)14-9(13)12-6-7-4-8(12)5-11-7;1-2/h7-8,11H,4-6H2,1-3H3;1-2H3/t7-,8-;/m1./s1. The van der Waals surface area contributed by atoms with Gasteiger partial charge in [-0.2, -0.15) is 0 Å². The molecule has 2 saturated heterocycles. The highest BCUT2D eigenvalue weighted by Crippen LogP contribution is 2.25. The lowest BCUT2D eigenvalue weighted by atomic mass is 10.2. The van der Waals surface area contributed by atoms with E-state index in [9.17, 15) is 4.79 Å². The van der Waals surface area contributed by atoms with Crippen LogP contribution in [0.1, 0.15) is 41.0 Å². The van der Waals surface area contributed by atoms with Crippen LogP contribution in [0.15, 0.2) is 0 Å². The molecule has 0 radical (unpaired) electrons. The molecule has 2 heterocycles. The first-order valence-electron chi connectivity index (χ1n) is 6.19. The third kappa shape index (κ3) is 3.11. The minimum atomic E-state index is -0.383. The van der Waals surface area contributed by atoms with E-state index in [0.29, 0.717) is 12.1 Å². The molecule has 16 heavy (non-hydrogen) atoms. The normalized spacial score (nSPS) is 27.4. The summed E-state index contributed by atoms with van der Waals surface area (Å²) in [6, 6.07) is 0.849. The number of carbonyl (C=O) groups excluding carboxylic acids is 1. The van der Waals surface area contributed by atoms with E-state index in [-0.39, 0.29) is 11.7 Å². The van der Waals surface area contributed by atoms with E-state index in [2.05, 4.69) is 5.32 Å². The topological polar surface area (TPSA) is 41.6 Å². The fourth-order valence-corrected chi connectivity index (χ4v) is 2.10. The monoisotopic (exact) mass is 228 g/mol. The van der Waals surface area contributed by atoms with Crippen molar-refractivity contribution in [3.8, 4) is 0 Å². The number of hydrogen-bond donors (Lipinski definition) is 1. The van der Waals surface area contributed by atoms with Crippen LogP contribution >= 0.6 is 0 Å². The van der Waals surface area contributed by atoms with Crippen molar-refractivity contribution < 1.29 is 9.53 Å². The van der Waals surface area contributed by atoms with Gasteiger partial charge in [-0.15, -0.1) is 0 Å². The first-order chi connectivity index (χ1) is 7.46. The fourth-order valence-electron chi connectivity index (χ4n) is 2.10. The molecule has 94 valence electrons. The molecule has 2 bridgehead atoms. The number of fused-ring (bicyclic) bond motifs is 2. The van der Waals surface area contributed by atoms with Gasteiger partial charge in [-0.1, -0.05) is 13.8 Å². The van der Waals surface area contributed by atoms with E-state index in [0.717, 1.165) is 19.5 Å². The lowest BCUT2D eigenvalue weighted by Gasteiger charge is -2.30. The van der Waals surface area contributed by atoms with Crippen LogP contribution in [0.25, 0.3) is 0 Å². The summed E-state index contributed by atoms with van der Waals surface area (Å²) < 4.78 is 5.33. The highest BCUT2D eigenvalue weighted by atomic mass is 16.6. The van der Waals surface area contributed by atoms with Gasteiger partial charge < -0.3 is 15.0 Å². The van der Waals surface area contributed by atoms with E-state index in [4.69, 9.17) is 4.74 Å². The fraction of sp³-hybridized carbons (Fsp3) is 0.917. The second-order valence-electron chi connectivity index (χ2n) is 5.13. The quantitative estimate of drug-likeness (QED) is 0.689. The maximum atomic E-state index is 11.7. The summed E-state index contributed by atoms with van der Waals surface area (Å²) in [5.41, 5.74) is -0.383. The number of piperazine rings is 1. The zero-order chi connectivity index (χ0) is 12.3. The number of rotatable bonds is 0. The van der Waals surface area contributed by atoms with Crippen molar-refractivity contribution in [3.63, 3.8) is 0 Å². The van der Waals surface area contributed by atoms with Crippen molar-refractivity contribution in [2.24, 2.45) is 0 Å². The Kier molecular flexibility index (Phi) is 4.19. The first-order valence-corrected chi connectivity index (χ1v) is 6.19. The van der Waals surface area contributed by atoms with Gasteiger partial charge in [0.2, 0.25) is 0 Å². The summed E-state index contributed by atoms with van der Waals surface area (Å²) in [5, 5.41) is 3.35. The molecule has 0 spiro atoms. The third-order valence-corrected chi connectivity index (χ3v) is 2.68. The van der Waals surface area contributed by atoms with E-state index in [1.165, 1.54) is 0 Å². The SMILES string of the molecule is CC.CC(C)(C)OC(=O)N1C[C@H]2C[C@@H]1CN2. The predicted molar refractivity (Wildman–Crippen MR) is 64.5 cm³/mol. The van der Waals surface area contributed by atoms with Crippen LogP contribution in [0.3, 0.4) is 0 Å². The third-order valence-electron chi connectivity index (χ3n) is 2.68. The van der Waals surface area contributed by atoms with Gasteiger partial charge in [0.1, 0.15) is 5.60 Å². The summed E-state index contributed by atoms with van der Waals surface area (Å²) in [6.07, 6.45) is 0.922. The van der Waals surface area contributed by atoms with Crippen molar-refractivity contribution in [1.82, 2.24) is 10.2 Å². The Morgan fingerprint density at radius 1 is 1.38 bits per heavy atom. The predicted octanol–water partition coefficient (Wildman–Crippen LogP) is 1.99. The smallest absolute Gasteiger partial charge is 0.410 e. The van der Waals surface area contributed by atoms with Gasteiger partial charge in [0.15, 0.2) is 0 Å². The minimum absolute atomic E-state index is 0.161. The van der Waals surface area contributed by atoms with E-state index in [1.807, 2.05) is 39.5 Å². The van der Waals surface area contributed by atoms with Crippen molar-refractivity contribution in [1.29, 1.82) is 0 Å². The summed E-state index contributed by atoms with van der Waals surface area (Å²) in [6.45, 7) is 11.4. The van der Waals surface area contributed by atoms with Gasteiger partial charge in [0.05, 0.1) is 0 Å². The molecule has 0 saturated carbocycles. The van der Waals surface area contributed by atoms with E-state index < -0.39 is 0 Å². The average Bonchev–Trinajstić information content (AvgIpc) is 2.79. The van der Waals surface area contributed by atoms with Crippen LogP contribution in [0.4, 0.5) is 4.79 Å². The van der Waals surface area contributed by atoms with Crippen LogP contribution in [0.2, 0.25) is 0 Å². The van der Waals surface area contributed by atoms with Crippen LogP contribution in [0, 0.1) is 0 Å². The molecule has 1 N–H and O–H groups in total. The first kappa shape index (κ1) is 13.3. The molecular weight excluding hydrogens is 204 g/mol. The molecule has 2 atom stereocenters. The number of nitrogens with one attached hydrogen (secondary N) is 1. The average molecular weight is 228 g/mol. The van der Waals surface area contributed by atoms with Crippen molar-refractivity contribution >= 4 is 6.09 Å². The van der Waals surface area contributed by atoms with Crippen LogP contribution < -0.4 is 5.32 Å². The summed E-state index contributed by atoms with van der Waals surface area (Å²) in [7, 11) is 0. The van der Waals surface area contributed by atoms with Gasteiger partial charge in [-0.05, 0) is 27.2 Å². The van der Waals surface area contributed by atoms with Crippen LogP contribution in [-0.2, 0) is 4.74 Å². The Labute approximate surface area is 98.3 Å². The molecule has 4 heteroatoms. The molecule has 0 aromatic heterocycles. The Balaban J connectivity index is 0.000000606. The Hall–Kier alpha value is -0.770. The number of likely N-dealkylation sites (tertiary alicyclic amines) is 1. The van der Waals surface area contributed by atoms with Gasteiger partial charge in [0, 0.05) is 25.2 Å². The molecule has 1 amide bonds. The van der Waals surface area contributed by atoms with Crippen LogP contribution in [0.5, 0.6) is 0 Å². The zero-order valence-electron chi connectivity index (χ0n) is 11.0. The van der Waals surface area contributed by atoms with Gasteiger partial charge >= 0.3 is 6.09 Å². The van der Waals surface area contributed by atoms with Crippen molar-refractivity contribution in [2.45, 2.75) is 58.7 Å². The molecule has 0 aromatic rings. The molecular formula is C12H24N2O2. The number of carbonyl (C=O) groups is 1. The molecule has 2 fully saturated rings. The van der Waals surface area contributed by atoms with E-state index >= 15 is 0 Å².